The van der Waals surface area contributed by atoms with E-state index < -0.39 is 0 Å². The summed E-state index contributed by atoms with van der Waals surface area (Å²) in [5.74, 6) is 0. The largest absolute Gasteiger partial charge is 0.301 e. The normalized spacial score (nSPS) is 12.0. The van der Waals surface area contributed by atoms with Crippen molar-refractivity contribution in [3.05, 3.63) is 30.1 Å². The van der Waals surface area contributed by atoms with Crippen molar-refractivity contribution in [3.8, 4) is 6.07 Å². The van der Waals surface area contributed by atoms with Crippen LogP contribution in [0.3, 0.4) is 0 Å². The first-order valence-electron chi connectivity index (χ1n) is 3.35. The van der Waals surface area contributed by atoms with Crippen molar-refractivity contribution in [1.82, 2.24) is 10.3 Å². The van der Waals surface area contributed by atoms with Gasteiger partial charge in [-0.2, -0.15) is 5.26 Å². The standard InChI is InChI=1S/C8H9N3/c1-10-8(5-9)7-3-2-4-11-6-7/h2-4,6,8,10H,1H3/t8-/m0/s1. The molecule has 0 saturated carbocycles. The summed E-state index contributed by atoms with van der Waals surface area (Å²) in [5, 5.41) is 11.5. The number of nitriles is 1. The van der Waals surface area contributed by atoms with E-state index in [-0.39, 0.29) is 6.04 Å². The number of rotatable bonds is 2. The lowest BCUT2D eigenvalue weighted by atomic mass is 10.1. The molecule has 3 nitrogen and oxygen atoms in total. The summed E-state index contributed by atoms with van der Waals surface area (Å²) < 4.78 is 0. The lowest BCUT2D eigenvalue weighted by Gasteiger charge is -2.05. The summed E-state index contributed by atoms with van der Waals surface area (Å²) >= 11 is 0. The van der Waals surface area contributed by atoms with Gasteiger partial charge in [-0.15, -0.1) is 0 Å². The summed E-state index contributed by atoms with van der Waals surface area (Å²) in [6.07, 6.45) is 3.37. The molecule has 0 radical (unpaired) electrons. The van der Waals surface area contributed by atoms with Gasteiger partial charge in [-0.25, -0.2) is 0 Å². The third-order valence-corrected chi connectivity index (χ3v) is 1.44. The SMILES string of the molecule is CN[C@@H](C#N)c1cccnc1. The minimum Gasteiger partial charge on any atom is -0.301 e. The van der Waals surface area contributed by atoms with Crippen LogP contribution in [0, 0.1) is 11.3 Å². The number of hydrogen-bond donors (Lipinski definition) is 1. The third-order valence-electron chi connectivity index (χ3n) is 1.44. The molecule has 0 aliphatic rings. The van der Waals surface area contributed by atoms with Gasteiger partial charge in [0.2, 0.25) is 0 Å². The zero-order valence-electron chi connectivity index (χ0n) is 6.28. The van der Waals surface area contributed by atoms with Crippen LogP contribution in [-0.4, -0.2) is 12.0 Å². The molecule has 0 fully saturated rings. The molecule has 0 aliphatic heterocycles. The average molecular weight is 147 g/mol. The molecule has 1 atom stereocenters. The molecule has 0 saturated heterocycles. The molecule has 0 aliphatic carbocycles. The number of aromatic nitrogens is 1. The van der Waals surface area contributed by atoms with Gasteiger partial charge in [0.15, 0.2) is 0 Å². The second kappa shape index (κ2) is 3.69. The molecule has 3 heteroatoms. The Balaban J connectivity index is 2.85. The monoisotopic (exact) mass is 147 g/mol. The Morgan fingerprint density at radius 2 is 2.55 bits per heavy atom. The Morgan fingerprint density at radius 3 is 3.00 bits per heavy atom. The van der Waals surface area contributed by atoms with Crippen molar-refractivity contribution in [2.45, 2.75) is 6.04 Å². The second-order valence-electron chi connectivity index (χ2n) is 2.14. The van der Waals surface area contributed by atoms with Crippen LogP contribution in [0.25, 0.3) is 0 Å². The van der Waals surface area contributed by atoms with Gasteiger partial charge in [0.25, 0.3) is 0 Å². The van der Waals surface area contributed by atoms with Crippen LogP contribution in [0.15, 0.2) is 24.5 Å². The fourth-order valence-electron chi connectivity index (χ4n) is 0.852. The van der Waals surface area contributed by atoms with Crippen LogP contribution < -0.4 is 5.32 Å². The molecule has 1 aromatic rings. The molecule has 1 N–H and O–H groups in total. The maximum absolute atomic E-state index is 8.64. The topological polar surface area (TPSA) is 48.7 Å². The lowest BCUT2D eigenvalue weighted by molar-refractivity contribution is 0.724. The number of nitrogens with one attached hydrogen (secondary N) is 1. The summed E-state index contributed by atoms with van der Waals surface area (Å²) in [7, 11) is 1.75. The highest BCUT2D eigenvalue weighted by Gasteiger charge is 2.05. The average Bonchev–Trinajstić information content (AvgIpc) is 2.09. The van der Waals surface area contributed by atoms with Crippen molar-refractivity contribution in [3.63, 3.8) is 0 Å². The predicted molar refractivity (Wildman–Crippen MR) is 41.7 cm³/mol. The summed E-state index contributed by atoms with van der Waals surface area (Å²) in [6, 6.07) is 5.56. The fourth-order valence-corrected chi connectivity index (χ4v) is 0.852. The molecule has 0 bridgehead atoms. The fraction of sp³-hybridized carbons (Fsp3) is 0.250. The van der Waals surface area contributed by atoms with Crippen molar-refractivity contribution >= 4 is 0 Å². The molecule has 56 valence electrons. The van der Waals surface area contributed by atoms with Gasteiger partial charge in [-0.3, -0.25) is 4.98 Å². The van der Waals surface area contributed by atoms with Gasteiger partial charge in [-0.05, 0) is 13.1 Å². The molecule has 0 unspecified atom stereocenters. The van der Waals surface area contributed by atoms with E-state index in [4.69, 9.17) is 5.26 Å². The first kappa shape index (κ1) is 7.70. The van der Waals surface area contributed by atoms with E-state index in [0.29, 0.717) is 0 Å². The van der Waals surface area contributed by atoms with E-state index >= 15 is 0 Å². The lowest BCUT2D eigenvalue weighted by Crippen LogP contribution is -2.13. The molecule has 1 aromatic heterocycles. The second-order valence-corrected chi connectivity index (χ2v) is 2.14. The minimum absolute atomic E-state index is 0.247. The van der Waals surface area contributed by atoms with Crippen LogP contribution in [0.4, 0.5) is 0 Å². The van der Waals surface area contributed by atoms with Crippen molar-refractivity contribution in [2.24, 2.45) is 0 Å². The van der Waals surface area contributed by atoms with Gasteiger partial charge >= 0.3 is 0 Å². The van der Waals surface area contributed by atoms with Crippen LogP contribution in [0.1, 0.15) is 11.6 Å². The maximum Gasteiger partial charge on any atom is 0.122 e. The maximum atomic E-state index is 8.64. The molecular weight excluding hydrogens is 138 g/mol. The Bertz CT molecular complexity index is 250. The molecule has 0 amide bonds. The highest BCUT2D eigenvalue weighted by atomic mass is 14.9. The molecule has 1 rings (SSSR count). The van der Waals surface area contributed by atoms with E-state index in [0.717, 1.165) is 5.56 Å². The van der Waals surface area contributed by atoms with E-state index in [9.17, 15) is 0 Å². The van der Waals surface area contributed by atoms with Gasteiger partial charge in [0.05, 0.1) is 6.07 Å². The summed E-state index contributed by atoms with van der Waals surface area (Å²) in [4.78, 5) is 3.91. The van der Waals surface area contributed by atoms with E-state index in [1.54, 1.807) is 19.4 Å². The molecule has 0 aromatic carbocycles. The van der Waals surface area contributed by atoms with Crippen LogP contribution >= 0.6 is 0 Å². The van der Waals surface area contributed by atoms with Crippen molar-refractivity contribution < 1.29 is 0 Å². The smallest absolute Gasteiger partial charge is 0.122 e. The number of nitrogens with zero attached hydrogens (tertiary/aromatic N) is 2. The Morgan fingerprint density at radius 1 is 1.73 bits per heavy atom. The highest BCUT2D eigenvalue weighted by Crippen LogP contribution is 2.07. The zero-order valence-corrected chi connectivity index (χ0v) is 6.28. The van der Waals surface area contributed by atoms with Crippen molar-refractivity contribution in [2.75, 3.05) is 7.05 Å². The van der Waals surface area contributed by atoms with Gasteiger partial charge in [-0.1, -0.05) is 6.07 Å². The Labute approximate surface area is 65.7 Å². The first-order valence-corrected chi connectivity index (χ1v) is 3.35. The van der Waals surface area contributed by atoms with E-state index in [1.165, 1.54) is 0 Å². The molecule has 11 heavy (non-hydrogen) atoms. The summed E-state index contributed by atoms with van der Waals surface area (Å²) in [5.41, 5.74) is 0.900. The van der Waals surface area contributed by atoms with Crippen molar-refractivity contribution in [1.29, 1.82) is 5.26 Å². The molecule has 0 spiro atoms. The van der Waals surface area contributed by atoms with Gasteiger partial charge in [0.1, 0.15) is 6.04 Å². The minimum atomic E-state index is -0.247. The quantitative estimate of drug-likeness (QED) is 0.675. The molecular formula is C8H9N3. The van der Waals surface area contributed by atoms with E-state index in [2.05, 4.69) is 16.4 Å². The van der Waals surface area contributed by atoms with Crippen LogP contribution in [0.5, 0.6) is 0 Å². The van der Waals surface area contributed by atoms with Crippen LogP contribution in [0.2, 0.25) is 0 Å². The summed E-state index contributed by atoms with van der Waals surface area (Å²) in [6.45, 7) is 0. The Hall–Kier alpha value is -1.40. The Kier molecular flexibility index (Phi) is 2.59. The first-order chi connectivity index (χ1) is 5.38. The van der Waals surface area contributed by atoms with Gasteiger partial charge < -0.3 is 5.32 Å². The highest BCUT2D eigenvalue weighted by molar-refractivity contribution is 5.19. The third kappa shape index (κ3) is 1.76. The number of pyridine rings is 1. The van der Waals surface area contributed by atoms with E-state index in [1.807, 2.05) is 12.1 Å². The van der Waals surface area contributed by atoms with Gasteiger partial charge in [0, 0.05) is 18.0 Å². The predicted octanol–water partition coefficient (Wildman–Crippen LogP) is 0.866. The van der Waals surface area contributed by atoms with Crippen LogP contribution in [-0.2, 0) is 0 Å². The zero-order chi connectivity index (χ0) is 8.10. The number of hydrogen-bond acceptors (Lipinski definition) is 3. The molecule has 1 heterocycles.